The van der Waals surface area contributed by atoms with Crippen LogP contribution in [0.5, 0.6) is 0 Å². The zero-order valence-corrected chi connectivity index (χ0v) is 12.9. The number of nitrogens with one attached hydrogen (secondary N) is 1. The molecular weight excluding hydrogens is 206 g/mol. The van der Waals surface area contributed by atoms with E-state index in [-0.39, 0.29) is 0 Å². The van der Waals surface area contributed by atoms with Crippen molar-refractivity contribution >= 4 is 0 Å². The van der Waals surface area contributed by atoms with Crippen molar-refractivity contribution in [3.63, 3.8) is 0 Å². The van der Waals surface area contributed by atoms with Gasteiger partial charge in [0.2, 0.25) is 0 Å². The molecule has 0 aliphatic carbocycles. The molecule has 1 unspecified atom stereocenters. The van der Waals surface area contributed by atoms with Crippen LogP contribution in [0.4, 0.5) is 0 Å². The SMILES string of the molecule is CCCCCCCCC(CC(C)(C)C)NCC. The molecule has 0 fully saturated rings. The Balaban J connectivity index is 3.63. The predicted molar refractivity (Wildman–Crippen MR) is 79.5 cm³/mol. The molecule has 0 bridgehead atoms. The van der Waals surface area contributed by atoms with E-state index in [2.05, 4.69) is 39.9 Å². The predicted octanol–water partition coefficient (Wildman–Crippen LogP) is 5.15. The summed E-state index contributed by atoms with van der Waals surface area (Å²) in [5.74, 6) is 0. The van der Waals surface area contributed by atoms with Gasteiger partial charge in [-0.15, -0.1) is 0 Å². The second-order valence-corrected chi connectivity index (χ2v) is 6.58. The number of hydrogen-bond donors (Lipinski definition) is 1. The van der Waals surface area contributed by atoms with Gasteiger partial charge in [0.05, 0.1) is 0 Å². The summed E-state index contributed by atoms with van der Waals surface area (Å²) in [4.78, 5) is 0. The summed E-state index contributed by atoms with van der Waals surface area (Å²) in [7, 11) is 0. The van der Waals surface area contributed by atoms with Gasteiger partial charge in [0.1, 0.15) is 0 Å². The van der Waals surface area contributed by atoms with Crippen LogP contribution in [-0.2, 0) is 0 Å². The first kappa shape index (κ1) is 17.0. The third kappa shape index (κ3) is 12.2. The van der Waals surface area contributed by atoms with Crippen LogP contribution in [0.25, 0.3) is 0 Å². The Morgan fingerprint density at radius 2 is 1.47 bits per heavy atom. The Morgan fingerprint density at radius 3 is 2.00 bits per heavy atom. The highest BCUT2D eigenvalue weighted by Gasteiger charge is 2.17. The van der Waals surface area contributed by atoms with Crippen LogP contribution in [0.15, 0.2) is 0 Å². The van der Waals surface area contributed by atoms with Gasteiger partial charge in [0.15, 0.2) is 0 Å². The van der Waals surface area contributed by atoms with Crippen molar-refractivity contribution in [2.75, 3.05) is 6.54 Å². The maximum atomic E-state index is 3.64. The molecule has 0 amide bonds. The molecule has 1 N–H and O–H groups in total. The lowest BCUT2D eigenvalue weighted by atomic mass is 9.86. The fourth-order valence-corrected chi connectivity index (χ4v) is 2.48. The van der Waals surface area contributed by atoms with Crippen LogP contribution in [0, 0.1) is 5.41 Å². The third-order valence-electron chi connectivity index (χ3n) is 3.26. The van der Waals surface area contributed by atoms with Crippen molar-refractivity contribution in [3.8, 4) is 0 Å². The van der Waals surface area contributed by atoms with E-state index in [0.29, 0.717) is 5.41 Å². The van der Waals surface area contributed by atoms with Crippen LogP contribution >= 0.6 is 0 Å². The van der Waals surface area contributed by atoms with E-state index in [1.54, 1.807) is 0 Å². The van der Waals surface area contributed by atoms with Gasteiger partial charge in [-0.05, 0) is 24.8 Å². The zero-order valence-electron chi connectivity index (χ0n) is 12.9. The van der Waals surface area contributed by atoms with Crippen molar-refractivity contribution in [1.82, 2.24) is 5.32 Å². The fraction of sp³-hybridized carbons (Fsp3) is 1.00. The van der Waals surface area contributed by atoms with Crippen molar-refractivity contribution in [1.29, 1.82) is 0 Å². The van der Waals surface area contributed by atoms with Crippen molar-refractivity contribution < 1.29 is 0 Å². The molecule has 0 aromatic rings. The number of hydrogen-bond acceptors (Lipinski definition) is 1. The zero-order chi connectivity index (χ0) is 13.1. The minimum absolute atomic E-state index is 0.453. The highest BCUT2D eigenvalue weighted by Crippen LogP contribution is 2.23. The lowest BCUT2D eigenvalue weighted by Gasteiger charge is -2.26. The molecule has 0 radical (unpaired) electrons. The van der Waals surface area contributed by atoms with Crippen molar-refractivity contribution in [2.45, 2.75) is 92.0 Å². The molecule has 0 heterocycles. The Morgan fingerprint density at radius 1 is 0.882 bits per heavy atom. The van der Waals surface area contributed by atoms with E-state index >= 15 is 0 Å². The lowest BCUT2D eigenvalue weighted by Crippen LogP contribution is -2.32. The average molecular weight is 241 g/mol. The normalized spacial score (nSPS) is 13.9. The van der Waals surface area contributed by atoms with Gasteiger partial charge in [-0.25, -0.2) is 0 Å². The Bertz CT molecular complexity index is 157. The summed E-state index contributed by atoms with van der Waals surface area (Å²) >= 11 is 0. The molecule has 1 heteroatoms. The molecule has 1 nitrogen and oxygen atoms in total. The van der Waals surface area contributed by atoms with E-state index in [1.165, 1.54) is 51.4 Å². The summed E-state index contributed by atoms with van der Waals surface area (Å²) in [6, 6.07) is 0.728. The van der Waals surface area contributed by atoms with Gasteiger partial charge < -0.3 is 5.32 Å². The molecule has 104 valence electrons. The summed E-state index contributed by atoms with van der Waals surface area (Å²) in [6.45, 7) is 12.6. The Labute approximate surface area is 110 Å². The molecule has 0 aliphatic rings. The number of rotatable bonds is 10. The second-order valence-electron chi connectivity index (χ2n) is 6.58. The van der Waals surface area contributed by atoms with Crippen LogP contribution in [0.2, 0.25) is 0 Å². The number of unbranched alkanes of at least 4 members (excludes halogenated alkanes) is 5. The van der Waals surface area contributed by atoms with E-state index in [1.807, 2.05) is 0 Å². The van der Waals surface area contributed by atoms with Crippen LogP contribution < -0.4 is 5.32 Å². The monoisotopic (exact) mass is 241 g/mol. The highest BCUT2D eigenvalue weighted by molar-refractivity contribution is 4.74. The minimum atomic E-state index is 0.453. The smallest absolute Gasteiger partial charge is 0.00719 e. The van der Waals surface area contributed by atoms with Gasteiger partial charge in [-0.2, -0.15) is 0 Å². The van der Waals surface area contributed by atoms with E-state index in [4.69, 9.17) is 0 Å². The summed E-state index contributed by atoms with van der Waals surface area (Å²) in [5, 5.41) is 3.64. The first-order chi connectivity index (χ1) is 7.99. The van der Waals surface area contributed by atoms with Crippen LogP contribution in [0.1, 0.15) is 86.0 Å². The third-order valence-corrected chi connectivity index (χ3v) is 3.26. The summed E-state index contributed by atoms with van der Waals surface area (Å²) in [6.07, 6.45) is 11.1. The second kappa shape index (κ2) is 9.94. The quantitative estimate of drug-likeness (QED) is 0.521. The van der Waals surface area contributed by atoms with Gasteiger partial charge in [0, 0.05) is 6.04 Å². The molecule has 0 rings (SSSR count). The van der Waals surface area contributed by atoms with Gasteiger partial charge in [-0.1, -0.05) is 73.1 Å². The molecular formula is C16H35N. The average Bonchev–Trinajstić information content (AvgIpc) is 2.21. The molecule has 0 saturated heterocycles. The van der Waals surface area contributed by atoms with Crippen LogP contribution in [-0.4, -0.2) is 12.6 Å². The summed E-state index contributed by atoms with van der Waals surface area (Å²) < 4.78 is 0. The van der Waals surface area contributed by atoms with Gasteiger partial charge in [0.25, 0.3) is 0 Å². The van der Waals surface area contributed by atoms with E-state index < -0.39 is 0 Å². The van der Waals surface area contributed by atoms with Crippen molar-refractivity contribution in [2.24, 2.45) is 5.41 Å². The van der Waals surface area contributed by atoms with Crippen LogP contribution in [0.3, 0.4) is 0 Å². The first-order valence-electron chi connectivity index (χ1n) is 7.73. The molecule has 1 atom stereocenters. The maximum Gasteiger partial charge on any atom is 0.00719 e. The standard InChI is InChI=1S/C16H35N/c1-6-8-9-10-11-12-13-15(17-7-2)14-16(3,4)5/h15,17H,6-14H2,1-5H3. The molecule has 0 aliphatic heterocycles. The Hall–Kier alpha value is -0.0400. The summed E-state index contributed by atoms with van der Waals surface area (Å²) in [5.41, 5.74) is 0.453. The van der Waals surface area contributed by atoms with Crippen molar-refractivity contribution in [3.05, 3.63) is 0 Å². The maximum absolute atomic E-state index is 3.64. The lowest BCUT2D eigenvalue weighted by molar-refractivity contribution is 0.296. The molecule has 0 spiro atoms. The first-order valence-corrected chi connectivity index (χ1v) is 7.73. The molecule has 0 aromatic heterocycles. The fourth-order valence-electron chi connectivity index (χ4n) is 2.48. The molecule has 0 aromatic carbocycles. The van der Waals surface area contributed by atoms with Gasteiger partial charge >= 0.3 is 0 Å². The van der Waals surface area contributed by atoms with E-state index in [0.717, 1.165) is 12.6 Å². The minimum Gasteiger partial charge on any atom is -0.314 e. The van der Waals surface area contributed by atoms with Gasteiger partial charge in [-0.3, -0.25) is 0 Å². The molecule has 17 heavy (non-hydrogen) atoms. The molecule has 0 saturated carbocycles. The largest absolute Gasteiger partial charge is 0.314 e. The Kier molecular flexibility index (Phi) is 9.91. The topological polar surface area (TPSA) is 12.0 Å². The van der Waals surface area contributed by atoms with E-state index in [9.17, 15) is 0 Å². The highest BCUT2D eigenvalue weighted by atomic mass is 14.9.